The van der Waals surface area contributed by atoms with Crippen molar-refractivity contribution in [3.63, 3.8) is 0 Å². The van der Waals surface area contributed by atoms with E-state index >= 15 is 0 Å². The lowest BCUT2D eigenvalue weighted by Gasteiger charge is -2.35. The van der Waals surface area contributed by atoms with Crippen LogP contribution in [0.15, 0.2) is 0 Å². The first-order valence-corrected chi connectivity index (χ1v) is 5.50. The Morgan fingerprint density at radius 1 is 0.833 bits per heavy atom. The molecule has 1 nitrogen and oxygen atoms in total. The quantitative estimate of drug-likeness (QED) is 0.666. The first-order valence-electron chi connectivity index (χ1n) is 5.50. The number of hydrogen-bond acceptors (Lipinski definition) is 1. The van der Waals surface area contributed by atoms with E-state index < -0.39 is 0 Å². The fraction of sp³-hybridized carbons (Fsp3) is 1.00. The van der Waals surface area contributed by atoms with Gasteiger partial charge in [0.2, 0.25) is 0 Å². The van der Waals surface area contributed by atoms with E-state index in [2.05, 4.69) is 19.2 Å². The van der Waals surface area contributed by atoms with E-state index in [4.69, 9.17) is 0 Å². The smallest absolute Gasteiger partial charge is 0.00747 e. The standard InChI is InChI=1S/C11H21N/c1-8-3-4-10(5-8)12-11-6-9(2)7-11/h8-12H,3-7H2,1-2H3. The molecule has 0 amide bonds. The Balaban J connectivity index is 1.67. The first kappa shape index (κ1) is 8.55. The van der Waals surface area contributed by atoms with Gasteiger partial charge in [-0.15, -0.1) is 0 Å². The molecule has 0 spiro atoms. The summed E-state index contributed by atoms with van der Waals surface area (Å²) in [5.41, 5.74) is 0. The van der Waals surface area contributed by atoms with Crippen molar-refractivity contribution in [2.24, 2.45) is 11.8 Å². The summed E-state index contributed by atoms with van der Waals surface area (Å²) in [6.07, 6.45) is 7.13. The van der Waals surface area contributed by atoms with Gasteiger partial charge in [0.1, 0.15) is 0 Å². The van der Waals surface area contributed by atoms with Crippen molar-refractivity contribution >= 4 is 0 Å². The lowest BCUT2D eigenvalue weighted by Crippen LogP contribution is -2.44. The van der Waals surface area contributed by atoms with Crippen LogP contribution in [0.5, 0.6) is 0 Å². The maximum atomic E-state index is 3.78. The van der Waals surface area contributed by atoms with Crippen molar-refractivity contribution in [1.82, 2.24) is 5.32 Å². The second-order valence-corrected chi connectivity index (χ2v) is 5.06. The molecule has 2 rings (SSSR count). The van der Waals surface area contributed by atoms with Gasteiger partial charge in [-0.1, -0.05) is 13.8 Å². The van der Waals surface area contributed by atoms with Crippen molar-refractivity contribution in [3.05, 3.63) is 0 Å². The van der Waals surface area contributed by atoms with E-state index in [-0.39, 0.29) is 0 Å². The van der Waals surface area contributed by atoms with Gasteiger partial charge in [-0.25, -0.2) is 0 Å². The summed E-state index contributed by atoms with van der Waals surface area (Å²) >= 11 is 0. The normalized spacial score (nSPS) is 47.5. The second kappa shape index (κ2) is 3.37. The molecule has 12 heavy (non-hydrogen) atoms. The van der Waals surface area contributed by atoms with Crippen molar-refractivity contribution in [2.45, 2.75) is 58.0 Å². The predicted octanol–water partition coefficient (Wildman–Crippen LogP) is 2.56. The highest BCUT2D eigenvalue weighted by atomic mass is 15.0. The second-order valence-electron chi connectivity index (χ2n) is 5.06. The minimum atomic E-state index is 0.859. The molecule has 70 valence electrons. The third-order valence-electron chi connectivity index (χ3n) is 3.54. The molecule has 0 heterocycles. The SMILES string of the molecule is CC1CCC(NC2CC(C)C2)C1. The molecular formula is C11H21N. The number of hydrogen-bond donors (Lipinski definition) is 1. The topological polar surface area (TPSA) is 12.0 Å². The van der Waals surface area contributed by atoms with Crippen molar-refractivity contribution in [2.75, 3.05) is 0 Å². The molecule has 0 saturated heterocycles. The van der Waals surface area contributed by atoms with Gasteiger partial charge in [-0.2, -0.15) is 0 Å². The molecule has 0 aromatic rings. The van der Waals surface area contributed by atoms with Crippen LogP contribution in [0.3, 0.4) is 0 Å². The number of nitrogens with one attached hydrogen (secondary N) is 1. The van der Waals surface area contributed by atoms with E-state index in [1.165, 1.54) is 32.1 Å². The molecule has 1 heteroatoms. The molecule has 0 aromatic carbocycles. The zero-order valence-electron chi connectivity index (χ0n) is 8.34. The zero-order chi connectivity index (χ0) is 8.55. The van der Waals surface area contributed by atoms with Gasteiger partial charge < -0.3 is 5.32 Å². The molecule has 2 saturated carbocycles. The van der Waals surface area contributed by atoms with Crippen molar-refractivity contribution in [1.29, 1.82) is 0 Å². The van der Waals surface area contributed by atoms with E-state index in [1.807, 2.05) is 0 Å². The summed E-state index contributed by atoms with van der Waals surface area (Å²) in [5, 5.41) is 3.78. The minimum absolute atomic E-state index is 0.859. The van der Waals surface area contributed by atoms with E-state index in [0.717, 1.165) is 23.9 Å². The molecule has 2 aliphatic rings. The third kappa shape index (κ3) is 1.82. The maximum absolute atomic E-state index is 3.78. The average molecular weight is 167 g/mol. The van der Waals surface area contributed by atoms with Crippen LogP contribution in [0.2, 0.25) is 0 Å². The van der Waals surface area contributed by atoms with E-state index in [0.29, 0.717) is 0 Å². The molecule has 2 atom stereocenters. The molecule has 0 aromatic heterocycles. The summed E-state index contributed by atoms with van der Waals surface area (Å²) in [6.45, 7) is 4.74. The highest BCUT2D eigenvalue weighted by Crippen LogP contribution is 2.30. The van der Waals surface area contributed by atoms with Gasteiger partial charge in [0.25, 0.3) is 0 Å². The first-order chi connectivity index (χ1) is 5.74. The molecule has 2 aliphatic carbocycles. The van der Waals surface area contributed by atoms with Crippen molar-refractivity contribution < 1.29 is 0 Å². The Kier molecular flexibility index (Phi) is 2.40. The molecular weight excluding hydrogens is 146 g/mol. The van der Waals surface area contributed by atoms with Crippen LogP contribution in [0.1, 0.15) is 46.0 Å². The summed E-state index contributed by atoms with van der Waals surface area (Å²) in [5.74, 6) is 1.96. The monoisotopic (exact) mass is 167 g/mol. The fourth-order valence-electron chi connectivity index (χ4n) is 2.73. The Bertz CT molecular complexity index is 149. The van der Waals surface area contributed by atoms with Crippen LogP contribution in [-0.4, -0.2) is 12.1 Å². The van der Waals surface area contributed by atoms with Crippen LogP contribution in [-0.2, 0) is 0 Å². The average Bonchev–Trinajstić information content (AvgIpc) is 2.33. The number of rotatable bonds is 2. The Hall–Kier alpha value is -0.0400. The van der Waals surface area contributed by atoms with Gasteiger partial charge in [-0.05, 0) is 43.9 Å². The Labute approximate surface area is 75.9 Å². The molecule has 2 fully saturated rings. The third-order valence-corrected chi connectivity index (χ3v) is 3.54. The summed E-state index contributed by atoms with van der Waals surface area (Å²) in [4.78, 5) is 0. The highest BCUT2D eigenvalue weighted by molar-refractivity contribution is 4.88. The van der Waals surface area contributed by atoms with Gasteiger partial charge in [0.05, 0.1) is 0 Å². The summed E-state index contributed by atoms with van der Waals surface area (Å²) in [6, 6.07) is 1.73. The van der Waals surface area contributed by atoms with Gasteiger partial charge >= 0.3 is 0 Å². The lowest BCUT2D eigenvalue weighted by molar-refractivity contribution is 0.221. The fourth-order valence-corrected chi connectivity index (χ4v) is 2.73. The molecule has 0 bridgehead atoms. The Morgan fingerprint density at radius 2 is 1.50 bits per heavy atom. The molecule has 1 N–H and O–H groups in total. The van der Waals surface area contributed by atoms with Crippen LogP contribution in [0.25, 0.3) is 0 Å². The van der Waals surface area contributed by atoms with Crippen molar-refractivity contribution in [3.8, 4) is 0 Å². The lowest BCUT2D eigenvalue weighted by atomic mass is 9.81. The molecule has 2 unspecified atom stereocenters. The van der Waals surface area contributed by atoms with Crippen LogP contribution in [0, 0.1) is 11.8 Å². The molecule has 0 radical (unpaired) electrons. The Morgan fingerprint density at radius 3 is 2.00 bits per heavy atom. The van der Waals surface area contributed by atoms with E-state index in [1.54, 1.807) is 0 Å². The predicted molar refractivity (Wildman–Crippen MR) is 52.1 cm³/mol. The minimum Gasteiger partial charge on any atom is -0.311 e. The maximum Gasteiger partial charge on any atom is 0.00747 e. The van der Waals surface area contributed by atoms with Crippen LogP contribution in [0.4, 0.5) is 0 Å². The zero-order valence-corrected chi connectivity index (χ0v) is 8.34. The summed E-state index contributed by atoms with van der Waals surface area (Å²) in [7, 11) is 0. The van der Waals surface area contributed by atoms with Crippen LogP contribution < -0.4 is 5.32 Å². The van der Waals surface area contributed by atoms with E-state index in [9.17, 15) is 0 Å². The highest BCUT2D eigenvalue weighted by Gasteiger charge is 2.29. The van der Waals surface area contributed by atoms with Gasteiger partial charge in [0.15, 0.2) is 0 Å². The molecule has 0 aliphatic heterocycles. The largest absolute Gasteiger partial charge is 0.311 e. The van der Waals surface area contributed by atoms with Crippen LogP contribution >= 0.6 is 0 Å². The van der Waals surface area contributed by atoms with Gasteiger partial charge in [0, 0.05) is 12.1 Å². The summed E-state index contributed by atoms with van der Waals surface area (Å²) < 4.78 is 0. The van der Waals surface area contributed by atoms with Gasteiger partial charge in [-0.3, -0.25) is 0 Å².